The Morgan fingerprint density at radius 3 is 2.53 bits per heavy atom. The standard InChI is InChI=1S/C22H30ClN3O4S2/c1-5-32(28,29)15-8-14(9-15)30-21-18-12-24-19(23)10-16(18)17(11-25-21)20(13-6-7-13)26-31(27)22(2,3)4/h10-15,20,26H,5-9H2,1-4H3/t14-,15+,20?,31-/m0/s1. The summed E-state index contributed by atoms with van der Waals surface area (Å²) in [6.07, 6.45) is 6.29. The summed E-state index contributed by atoms with van der Waals surface area (Å²) in [6, 6.07) is 1.68. The van der Waals surface area contributed by atoms with Crippen molar-refractivity contribution in [2.75, 3.05) is 5.75 Å². The average molecular weight is 500 g/mol. The SMILES string of the molecule is CCS(=O)(=O)[C@H]1C[C@@H](Oc2ncc(C(N[S@@+]([O-])C(C)(C)C)C3CC3)c3cc(Cl)ncc23)C1. The van der Waals surface area contributed by atoms with E-state index >= 15 is 0 Å². The van der Waals surface area contributed by atoms with Crippen LogP contribution < -0.4 is 9.46 Å². The minimum atomic E-state index is -3.05. The molecule has 1 unspecified atom stereocenters. The Labute approximate surface area is 197 Å². The number of aromatic nitrogens is 2. The van der Waals surface area contributed by atoms with Gasteiger partial charge in [-0.3, -0.25) is 0 Å². The minimum Gasteiger partial charge on any atom is -0.598 e. The van der Waals surface area contributed by atoms with Crippen molar-refractivity contribution < 1.29 is 17.7 Å². The van der Waals surface area contributed by atoms with Crippen molar-refractivity contribution in [1.29, 1.82) is 0 Å². The molecule has 2 heterocycles. The lowest BCUT2D eigenvalue weighted by Gasteiger charge is -2.34. The van der Waals surface area contributed by atoms with E-state index in [2.05, 4.69) is 14.7 Å². The van der Waals surface area contributed by atoms with Gasteiger partial charge in [0.25, 0.3) is 0 Å². The molecule has 2 saturated carbocycles. The number of pyridine rings is 2. The fraction of sp³-hybridized carbons (Fsp3) is 0.636. The second kappa shape index (κ2) is 8.91. The average Bonchev–Trinajstić information content (AvgIpc) is 3.52. The number of sulfone groups is 1. The van der Waals surface area contributed by atoms with Crippen LogP contribution in [0.3, 0.4) is 0 Å². The predicted octanol–water partition coefficient (Wildman–Crippen LogP) is 4.13. The van der Waals surface area contributed by atoms with Gasteiger partial charge in [-0.25, -0.2) is 18.4 Å². The minimum absolute atomic E-state index is 0.111. The first-order valence-electron chi connectivity index (χ1n) is 11.0. The topological polar surface area (TPSA) is 104 Å². The Morgan fingerprint density at radius 1 is 1.25 bits per heavy atom. The summed E-state index contributed by atoms with van der Waals surface area (Å²) in [6.45, 7) is 7.50. The number of nitrogens with zero attached hydrogens (tertiary/aromatic N) is 2. The summed E-state index contributed by atoms with van der Waals surface area (Å²) in [5.41, 5.74) is 0.928. The molecule has 2 atom stereocenters. The molecule has 0 amide bonds. The van der Waals surface area contributed by atoms with E-state index in [1.807, 2.05) is 20.8 Å². The molecule has 2 aromatic heterocycles. The van der Waals surface area contributed by atoms with E-state index in [0.717, 1.165) is 29.2 Å². The number of hydrogen-bond acceptors (Lipinski definition) is 7. The second-order valence-electron chi connectivity index (χ2n) is 9.67. The van der Waals surface area contributed by atoms with Gasteiger partial charge in [-0.1, -0.05) is 18.5 Å². The van der Waals surface area contributed by atoms with Gasteiger partial charge in [-0.2, -0.15) is 0 Å². The van der Waals surface area contributed by atoms with Gasteiger partial charge >= 0.3 is 0 Å². The molecule has 0 radical (unpaired) electrons. The highest BCUT2D eigenvalue weighted by Crippen LogP contribution is 2.45. The van der Waals surface area contributed by atoms with E-state index in [9.17, 15) is 13.0 Å². The highest BCUT2D eigenvalue weighted by Gasteiger charge is 2.41. The molecule has 1 N–H and O–H groups in total. The lowest BCUT2D eigenvalue weighted by atomic mass is 9.95. The Bertz CT molecular complexity index is 1100. The summed E-state index contributed by atoms with van der Waals surface area (Å²) < 4.78 is 46.0. The zero-order chi connectivity index (χ0) is 23.3. The van der Waals surface area contributed by atoms with Gasteiger partial charge in [0.15, 0.2) is 9.84 Å². The first-order valence-corrected chi connectivity index (χ1v) is 14.2. The van der Waals surface area contributed by atoms with E-state index in [-0.39, 0.29) is 23.1 Å². The second-order valence-corrected chi connectivity index (χ2v) is 14.6. The van der Waals surface area contributed by atoms with Crippen LogP contribution in [0.15, 0.2) is 18.5 Å². The van der Waals surface area contributed by atoms with E-state index in [1.54, 1.807) is 25.4 Å². The van der Waals surface area contributed by atoms with Crippen molar-refractivity contribution in [3.8, 4) is 5.88 Å². The van der Waals surface area contributed by atoms with Crippen molar-refractivity contribution in [3.63, 3.8) is 0 Å². The molecule has 0 bridgehead atoms. The van der Waals surface area contributed by atoms with Gasteiger partial charge in [0, 0.05) is 47.9 Å². The fourth-order valence-corrected chi connectivity index (χ4v) is 6.43. The lowest BCUT2D eigenvalue weighted by molar-refractivity contribution is 0.119. The maximum absolute atomic E-state index is 12.8. The molecule has 4 rings (SSSR count). The molecular formula is C22H30ClN3O4S2. The third-order valence-corrected chi connectivity index (χ3v) is 10.2. The van der Waals surface area contributed by atoms with Crippen LogP contribution in [0.4, 0.5) is 0 Å². The van der Waals surface area contributed by atoms with Gasteiger partial charge in [0.1, 0.15) is 16.0 Å². The number of hydrogen-bond donors (Lipinski definition) is 1. The Kier molecular flexibility index (Phi) is 6.68. The maximum atomic E-state index is 12.8. The smallest absolute Gasteiger partial charge is 0.223 e. The quantitative estimate of drug-likeness (QED) is 0.430. The molecule has 2 aliphatic carbocycles. The Morgan fingerprint density at radius 2 is 1.94 bits per heavy atom. The molecule has 32 heavy (non-hydrogen) atoms. The van der Waals surface area contributed by atoms with Crippen molar-refractivity contribution in [2.24, 2.45) is 5.92 Å². The van der Waals surface area contributed by atoms with Crippen LogP contribution in [0.5, 0.6) is 5.88 Å². The molecular weight excluding hydrogens is 470 g/mol. The summed E-state index contributed by atoms with van der Waals surface area (Å²) in [5, 5.41) is 1.61. The predicted molar refractivity (Wildman–Crippen MR) is 128 cm³/mol. The van der Waals surface area contributed by atoms with Gasteiger partial charge < -0.3 is 9.29 Å². The Balaban J connectivity index is 1.62. The van der Waals surface area contributed by atoms with Crippen LogP contribution in [-0.4, -0.2) is 44.8 Å². The van der Waals surface area contributed by atoms with Gasteiger partial charge in [-0.05, 0) is 51.0 Å². The van der Waals surface area contributed by atoms with Gasteiger partial charge in [0.05, 0.1) is 16.7 Å². The van der Waals surface area contributed by atoms with E-state index in [4.69, 9.17) is 16.3 Å². The zero-order valence-electron chi connectivity index (χ0n) is 18.8. The normalized spacial score (nSPS) is 23.6. The zero-order valence-corrected chi connectivity index (χ0v) is 21.2. The molecule has 0 spiro atoms. The largest absolute Gasteiger partial charge is 0.598 e. The molecule has 176 valence electrons. The fourth-order valence-electron chi connectivity index (χ4n) is 3.88. The number of nitrogens with one attached hydrogen (secondary N) is 1. The van der Waals surface area contributed by atoms with Crippen LogP contribution >= 0.6 is 11.6 Å². The van der Waals surface area contributed by atoms with E-state index < -0.39 is 25.9 Å². The van der Waals surface area contributed by atoms with Crippen molar-refractivity contribution in [1.82, 2.24) is 14.7 Å². The summed E-state index contributed by atoms with van der Waals surface area (Å²) >= 11 is 5.00. The molecule has 2 aliphatic rings. The molecule has 10 heteroatoms. The monoisotopic (exact) mass is 499 g/mol. The third-order valence-electron chi connectivity index (χ3n) is 6.19. The summed E-state index contributed by atoms with van der Waals surface area (Å²) in [4.78, 5) is 8.79. The van der Waals surface area contributed by atoms with Crippen LogP contribution in [0.1, 0.15) is 65.0 Å². The van der Waals surface area contributed by atoms with Crippen molar-refractivity contribution in [2.45, 2.75) is 75.5 Å². The molecule has 0 aliphatic heterocycles. The van der Waals surface area contributed by atoms with Gasteiger partial charge in [-0.15, -0.1) is 4.72 Å². The molecule has 7 nitrogen and oxygen atoms in total. The highest BCUT2D eigenvalue weighted by atomic mass is 35.5. The molecule has 2 fully saturated rings. The molecule has 0 aromatic carbocycles. The van der Waals surface area contributed by atoms with E-state index in [1.165, 1.54) is 0 Å². The first kappa shape index (κ1) is 24.0. The lowest BCUT2D eigenvalue weighted by Crippen LogP contribution is -2.43. The van der Waals surface area contributed by atoms with E-state index in [0.29, 0.717) is 29.8 Å². The first-order chi connectivity index (χ1) is 15.0. The summed E-state index contributed by atoms with van der Waals surface area (Å²) in [5.74, 6) is 0.960. The van der Waals surface area contributed by atoms with Gasteiger partial charge in [0.2, 0.25) is 5.88 Å². The Hall–Kier alpha value is -1.13. The van der Waals surface area contributed by atoms with Crippen molar-refractivity contribution >= 4 is 43.6 Å². The number of ether oxygens (including phenoxy) is 1. The maximum Gasteiger partial charge on any atom is 0.223 e. The molecule has 2 aromatic rings. The number of halogens is 1. The summed E-state index contributed by atoms with van der Waals surface area (Å²) in [7, 11) is -3.05. The highest BCUT2D eigenvalue weighted by molar-refractivity contribution is 7.92. The third kappa shape index (κ3) is 5.01. The molecule has 0 saturated heterocycles. The van der Waals surface area contributed by atoms with Crippen molar-refractivity contribution in [3.05, 3.63) is 29.2 Å². The number of fused-ring (bicyclic) bond motifs is 1. The van der Waals surface area contributed by atoms with Crippen LogP contribution in [-0.2, 0) is 21.2 Å². The van der Waals surface area contributed by atoms with Crippen LogP contribution in [0, 0.1) is 5.92 Å². The number of rotatable bonds is 8. The van der Waals surface area contributed by atoms with Crippen LogP contribution in [0.2, 0.25) is 5.15 Å². The van der Waals surface area contributed by atoms with Crippen LogP contribution in [0.25, 0.3) is 10.8 Å².